The summed E-state index contributed by atoms with van der Waals surface area (Å²) in [6.07, 6.45) is 14.4. The lowest BCUT2D eigenvalue weighted by Gasteiger charge is -2.53. The van der Waals surface area contributed by atoms with E-state index < -0.39 is 5.97 Å². The van der Waals surface area contributed by atoms with Crippen molar-refractivity contribution in [3.63, 3.8) is 0 Å². The zero-order chi connectivity index (χ0) is 25.9. The van der Waals surface area contributed by atoms with Gasteiger partial charge in [0, 0.05) is 12.6 Å². The van der Waals surface area contributed by atoms with E-state index in [2.05, 4.69) is 27.7 Å². The lowest BCUT2D eigenvalue weighted by Crippen LogP contribution is -2.50. The first-order valence-corrected chi connectivity index (χ1v) is 15.4. The van der Waals surface area contributed by atoms with Crippen LogP contribution in [0.2, 0.25) is 0 Å². The Morgan fingerprint density at radius 2 is 1.94 bits per heavy atom. The predicted octanol–water partition coefficient (Wildman–Crippen LogP) is 5.72. The van der Waals surface area contributed by atoms with Crippen LogP contribution in [0.15, 0.2) is 0 Å². The molecule has 3 aliphatic carbocycles. The van der Waals surface area contributed by atoms with Gasteiger partial charge in [0.25, 0.3) is 0 Å². The fourth-order valence-corrected chi connectivity index (χ4v) is 9.39. The summed E-state index contributed by atoms with van der Waals surface area (Å²) >= 11 is 0. The second-order valence-electron chi connectivity index (χ2n) is 13.3. The number of aliphatic carboxylic acids is 1. The van der Waals surface area contributed by atoms with E-state index in [1.54, 1.807) is 0 Å². The Bertz CT molecular complexity index is 705. The molecule has 0 aromatic carbocycles. The first-order valence-electron chi connectivity index (χ1n) is 15.4. The number of carbonyl (C=O) groups is 1. The zero-order valence-electron chi connectivity index (χ0n) is 23.5. The summed E-state index contributed by atoms with van der Waals surface area (Å²) in [5, 5.41) is 23.2. The van der Waals surface area contributed by atoms with Gasteiger partial charge in [-0.3, -0.25) is 0 Å². The molecule has 0 aromatic heterocycles. The van der Waals surface area contributed by atoms with E-state index in [1.807, 2.05) is 0 Å². The highest BCUT2D eigenvalue weighted by Gasteiger charge is 2.57. The molecule has 5 nitrogen and oxygen atoms in total. The molecule has 4 fully saturated rings. The van der Waals surface area contributed by atoms with Gasteiger partial charge >= 0.3 is 0 Å². The minimum atomic E-state index is -0.926. The first-order chi connectivity index (χ1) is 17.2. The molecule has 1 N–H and O–H groups in total. The summed E-state index contributed by atoms with van der Waals surface area (Å²) in [5.41, 5.74) is 0.211. The van der Waals surface area contributed by atoms with E-state index in [0.717, 1.165) is 38.7 Å². The van der Waals surface area contributed by atoms with Gasteiger partial charge in [-0.15, -0.1) is 0 Å². The third kappa shape index (κ3) is 6.15. The van der Waals surface area contributed by atoms with Crippen LogP contribution < -0.4 is 5.11 Å². The molecule has 0 amide bonds. The maximum atomic E-state index is 12.1. The molecule has 3 saturated carbocycles. The molecular formula is C31H53O5-. The molecule has 208 valence electrons. The van der Waals surface area contributed by atoms with Gasteiger partial charge in [-0.2, -0.15) is 0 Å². The summed E-state index contributed by atoms with van der Waals surface area (Å²) in [7, 11) is 0. The summed E-state index contributed by atoms with van der Waals surface area (Å²) in [6.45, 7) is 10.1. The second-order valence-corrected chi connectivity index (χ2v) is 13.3. The summed E-state index contributed by atoms with van der Waals surface area (Å²) in [6, 6.07) is 0. The molecule has 4 rings (SSSR count). The normalized spacial score (nSPS) is 44.9. The lowest BCUT2D eigenvalue weighted by atomic mass is 9.53. The van der Waals surface area contributed by atoms with E-state index in [-0.39, 0.29) is 30.3 Å². The Balaban J connectivity index is 1.49. The summed E-state index contributed by atoms with van der Waals surface area (Å²) < 4.78 is 12.4. The van der Waals surface area contributed by atoms with Crippen molar-refractivity contribution < 1.29 is 24.5 Å². The van der Waals surface area contributed by atoms with Crippen molar-refractivity contribution >= 4 is 5.97 Å². The fraction of sp³-hybridized carbons (Fsp3) is 0.968. The van der Waals surface area contributed by atoms with E-state index in [0.29, 0.717) is 47.8 Å². The van der Waals surface area contributed by atoms with Gasteiger partial charge in [0.15, 0.2) is 6.29 Å². The molecule has 11 atom stereocenters. The average Bonchev–Trinajstić information content (AvgIpc) is 3.20. The Morgan fingerprint density at radius 3 is 2.64 bits per heavy atom. The van der Waals surface area contributed by atoms with Gasteiger partial charge in [-0.25, -0.2) is 0 Å². The van der Waals surface area contributed by atoms with Crippen LogP contribution in [0.1, 0.15) is 118 Å². The van der Waals surface area contributed by atoms with Crippen LogP contribution in [0.5, 0.6) is 0 Å². The number of carboxylic acid groups (broad SMARTS) is 1. The molecule has 0 radical (unpaired) electrons. The molecule has 1 heterocycles. The standard InChI is InChI=1S/C31H54O5/c1-5-24-21(3)19-23(36-28-11-6-7-18-35-28)10-8-9-22-16-17-31(4)25(20(2)12-15-27(32)33)13-14-26(31)29(22)30(24)34/h20-26,28-30,34H,5-19H2,1-4H3,(H,32,33)/p-1/t20-,21+,22?,23-,24-,25?,26?,28?,29?,30-,31-/m1/s1. The summed E-state index contributed by atoms with van der Waals surface area (Å²) in [5.74, 6) is 2.24. The molecular weight excluding hydrogens is 452 g/mol. The van der Waals surface area contributed by atoms with E-state index in [1.165, 1.54) is 44.9 Å². The van der Waals surface area contributed by atoms with E-state index in [4.69, 9.17) is 9.47 Å². The van der Waals surface area contributed by atoms with Crippen LogP contribution in [0.25, 0.3) is 0 Å². The van der Waals surface area contributed by atoms with Crippen molar-refractivity contribution in [1.82, 2.24) is 0 Å². The molecule has 0 bridgehead atoms. The maximum absolute atomic E-state index is 12.1. The maximum Gasteiger partial charge on any atom is 0.157 e. The number of carbonyl (C=O) groups excluding carboxylic acids is 1. The highest BCUT2D eigenvalue weighted by molar-refractivity contribution is 5.64. The van der Waals surface area contributed by atoms with Crippen molar-refractivity contribution in [2.75, 3.05) is 6.61 Å². The van der Waals surface area contributed by atoms with Crippen molar-refractivity contribution in [3.8, 4) is 0 Å². The number of aliphatic hydroxyl groups is 1. The molecule has 1 aliphatic heterocycles. The third-order valence-corrected chi connectivity index (χ3v) is 11.3. The Morgan fingerprint density at radius 1 is 1.14 bits per heavy atom. The van der Waals surface area contributed by atoms with Gasteiger partial charge < -0.3 is 24.5 Å². The van der Waals surface area contributed by atoms with Crippen LogP contribution >= 0.6 is 0 Å². The van der Waals surface area contributed by atoms with Crippen LogP contribution in [0.3, 0.4) is 0 Å². The number of rotatable bonds is 7. The van der Waals surface area contributed by atoms with Gasteiger partial charge in [0.05, 0.1) is 12.2 Å². The molecule has 4 aliphatic rings. The van der Waals surface area contributed by atoms with Crippen LogP contribution in [0.4, 0.5) is 0 Å². The largest absolute Gasteiger partial charge is 0.550 e. The van der Waals surface area contributed by atoms with Gasteiger partial charge in [0.1, 0.15) is 0 Å². The van der Waals surface area contributed by atoms with E-state index in [9.17, 15) is 15.0 Å². The molecule has 0 aromatic rings. The van der Waals surface area contributed by atoms with Crippen molar-refractivity contribution in [2.45, 2.75) is 136 Å². The number of hydrogen-bond acceptors (Lipinski definition) is 5. The first kappa shape index (κ1) is 28.4. The smallest absolute Gasteiger partial charge is 0.157 e. The number of fused-ring (bicyclic) bond motifs is 3. The average molecular weight is 506 g/mol. The van der Waals surface area contributed by atoms with Crippen LogP contribution in [-0.2, 0) is 14.3 Å². The van der Waals surface area contributed by atoms with Crippen molar-refractivity contribution in [2.24, 2.45) is 46.8 Å². The number of ether oxygens (including phenoxy) is 2. The third-order valence-electron chi connectivity index (χ3n) is 11.3. The SMILES string of the molecule is CC[C@@H]1[C@@H](C)C[C@H](OC2CCCCO2)CCCC2CC[C@@]3(C)C(CCC3[C@H](C)CCC(=O)[O-])C2[C@@H]1O. The molecule has 5 heteroatoms. The second kappa shape index (κ2) is 12.5. The highest BCUT2D eigenvalue weighted by atomic mass is 16.7. The van der Waals surface area contributed by atoms with Gasteiger partial charge in [-0.1, -0.05) is 40.5 Å². The van der Waals surface area contributed by atoms with Crippen molar-refractivity contribution in [1.29, 1.82) is 0 Å². The van der Waals surface area contributed by atoms with Crippen LogP contribution in [-0.4, -0.2) is 36.2 Å². The molecule has 5 unspecified atom stereocenters. The molecule has 1 saturated heterocycles. The Hall–Kier alpha value is -0.650. The Labute approximate surface area is 220 Å². The Kier molecular flexibility index (Phi) is 9.82. The molecule has 0 spiro atoms. The quantitative estimate of drug-likeness (QED) is 0.479. The minimum Gasteiger partial charge on any atom is -0.550 e. The topological polar surface area (TPSA) is 78.8 Å². The lowest BCUT2D eigenvalue weighted by molar-refractivity contribution is -0.306. The number of carboxylic acids is 1. The minimum absolute atomic E-state index is 0.0404. The van der Waals surface area contributed by atoms with Gasteiger partial charge in [0.2, 0.25) is 0 Å². The van der Waals surface area contributed by atoms with Gasteiger partial charge in [-0.05, 0) is 124 Å². The monoisotopic (exact) mass is 505 g/mol. The predicted molar refractivity (Wildman–Crippen MR) is 140 cm³/mol. The van der Waals surface area contributed by atoms with Crippen LogP contribution in [0, 0.1) is 46.8 Å². The number of hydrogen-bond donors (Lipinski definition) is 1. The summed E-state index contributed by atoms with van der Waals surface area (Å²) in [4.78, 5) is 11.1. The highest BCUT2D eigenvalue weighted by Crippen LogP contribution is 2.63. The van der Waals surface area contributed by atoms with E-state index >= 15 is 0 Å². The molecule has 36 heavy (non-hydrogen) atoms. The number of aliphatic hydroxyl groups excluding tert-OH is 1. The fourth-order valence-electron chi connectivity index (χ4n) is 9.39. The zero-order valence-corrected chi connectivity index (χ0v) is 23.5. The van der Waals surface area contributed by atoms with Crippen molar-refractivity contribution in [3.05, 3.63) is 0 Å².